The smallest absolute Gasteiger partial charge is 0.410 e. The van der Waals surface area contributed by atoms with Crippen LogP contribution in [0.15, 0.2) is 6.07 Å². The summed E-state index contributed by atoms with van der Waals surface area (Å²) in [6.07, 6.45) is 1.50. The summed E-state index contributed by atoms with van der Waals surface area (Å²) in [6, 6.07) is 2.11. The van der Waals surface area contributed by atoms with Gasteiger partial charge in [0.25, 0.3) is 0 Å². The minimum absolute atomic E-state index is 0.295. The highest BCUT2D eigenvalue weighted by molar-refractivity contribution is 6.33. The number of carbonyl (C=O) groups is 1. The molecular weight excluding hydrogens is 302 g/mol. The number of methoxy groups -OCH3 is 1. The summed E-state index contributed by atoms with van der Waals surface area (Å²) >= 11 is 6.50. The molecule has 0 aliphatic carbocycles. The van der Waals surface area contributed by atoms with Crippen molar-refractivity contribution >= 4 is 17.7 Å². The Balaban J connectivity index is 2.32. The summed E-state index contributed by atoms with van der Waals surface area (Å²) < 4.78 is 10.9. The summed E-state index contributed by atoms with van der Waals surface area (Å²) in [6.45, 7) is 8.73. The van der Waals surface area contributed by atoms with E-state index < -0.39 is 5.60 Å². The van der Waals surface area contributed by atoms with Crippen molar-refractivity contribution in [1.29, 1.82) is 0 Å². The molecule has 122 valence electrons. The largest absolute Gasteiger partial charge is 0.495 e. The highest BCUT2D eigenvalue weighted by atomic mass is 35.5. The zero-order valence-electron chi connectivity index (χ0n) is 14.0. The third kappa shape index (κ3) is 3.67. The lowest BCUT2D eigenvalue weighted by atomic mass is 10.0. The molecule has 0 saturated heterocycles. The highest BCUT2D eigenvalue weighted by Gasteiger charge is 2.27. The maximum Gasteiger partial charge on any atom is 0.410 e. The first-order valence-electron chi connectivity index (χ1n) is 7.55. The number of ether oxygens (including phenoxy) is 2. The number of hydrogen-bond acceptors (Lipinski definition) is 3. The van der Waals surface area contributed by atoms with Crippen LogP contribution in [0.3, 0.4) is 0 Å². The van der Waals surface area contributed by atoms with E-state index in [2.05, 4.69) is 6.07 Å². The third-order valence-electron chi connectivity index (χ3n) is 3.68. The van der Waals surface area contributed by atoms with E-state index in [0.717, 1.165) is 24.0 Å². The fraction of sp³-hybridized carbons (Fsp3) is 0.588. The predicted octanol–water partition coefficient (Wildman–Crippen LogP) is 4.34. The molecule has 4 nitrogen and oxygen atoms in total. The Morgan fingerprint density at radius 3 is 2.64 bits per heavy atom. The fourth-order valence-electron chi connectivity index (χ4n) is 2.72. The van der Waals surface area contributed by atoms with E-state index in [-0.39, 0.29) is 6.09 Å². The Labute approximate surface area is 137 Å². The predicted molar refractivity (Wildman–Crippen MR) is 87.7 cm³/mol. The Bertz CT molecular complexity index is 578. The molecule has 1 amide bonds. The average molecular weight is 326 g/mol. The molecule has 22 heavy (non-hydrogen) atoms. The van der Waals surface area contributed by atoms with Gasteiger partial charge >= 0.3 is 6.09 Å². The second-order valence-corrected chi connectivity index (χ2v) is 7.06. The average Bonchev–Trinajstić information content (AvgIpc) is 2.59. The van der Waals surface area contributed by atoms with Gasteiger partial charge in [-0.05, 0) is 57.2 Å². The van der Waals surface area contributed by atoms with Crippen molar-refractivity contribution in [3.8, 4) is 5.75 Å². The first-order chi connectivity index (χ1) is 10.2. The summed E-state index contributed by atoms with van der Waals surface area (Å²) in [5, 5.41) is 0.605. The van der Waals surface area contributed by atoms with Crippen LogP contribution >= 0.6 is 11.6 Å². The second-order valence-electron chi connectivity index (χ2n) is 6.68. The molecule has 5 heteroatoms. The standard InChI is InChI=1S/C17H24ClNO3/c1-11-9-12-7-6-8-19(16(20)22-17(2,3)4)10-13(12)14(18)15(11)21-5/h9H,6-8,10H2,1-5H3. The van der Waals surface area contributed by atoms with Gasteiger partial charge in [-0.2, -0.15) is 0 Å². The number of amides is 1. The van der Waals surface area contributed by atoms with Crippen LogP contribution in [0.25, 0.3) is 0 Å². The lowest BCUT2D eigenvalue weighted by molar-refractivity contribution is 0.0237. The van der Waals surface area contributed by atoms with Crippen molar-refractivity contribution in [3.05, 3.63) is 27.8 Å². The van der Waals surface area contributed by atoms with Crippen LogP contribution in [0.5, 0.6) is 5.75 Å². The van der Waals surface area contributed by atoms with Gasteiger partial charge in [-0.15, -0.1) is 0 Å². The van der Waals surface area contributed by atoms with Gasteiger partial charge in [0.15, 0.2) is 0 Å². The molecule has 1 aromatic rings. The van der Waals surface area contributed by atoms with Gasteiger partial charge < -0.3 is 14.4 Å². The lowest BCUT2D eigenvalue weighted by Crippen LogP contribution is -2.36. The molecule has 0 unspecified atom stereocenters. The molecule has 0 radical (unpaired) electrons. The Kier molecular flexibility index (Phi) is 4.90. The first-order valence-corrected chi connectivity index (χ1v) is 7.93. The van der Waals surface area contributed by atoms with Crippen LogP contribution < -0.4 is 4.74 Å². The summed E-state index contributed by atoms with van der Waals surface area (Å²) in [5.41, 5.74) is 2.68. The Morgan fingerprint density at radius 2 is 2.05 bits per heavy atom. The quantitative estimate of drug-likeness (QED) is 0.771. The molecule has 1 aromatic carbocycles. The molecule has 0 fully saturated rings. The third-order valence-corrected chi connectivity index (χ3v) is 4.08. The molecule has 1 aliphatic rings. The number of rotatable bonds is 1. The summed E-state index contributed by atoms with van der Waals surface area (Å²) in [7, 11) is 1.61. The van der Waals surface area contributed by atoms with Crippen LogP contribution in [0.2, 0.25) is 5.02 Å². The minimum atomic E-state index is -0.499. The van der Waals surface area contributed by atoms with Gasteiger partial charge in [0.1, 0.15) is 11.4 Å². The Morgan fingerprint density at radius 1 is 1.36 bits per heavy atom. The maximum atomic E-state index is 12.3. The number of aryl methyl sites for hydroxylation is 2. The van der Waals surface area contributed by atoms with E-state index in [9.17, 15) is 4.79 Å². The van der Waals surface area contributed by atoms with Crippen molar-refractivity contribution in [2.75, 3.05) is 13.7 Å². The maximum absolute atomic E-state index is 12.3. The molecular formula is C17H24ClNO3. The van der Waals surface area contributed by atoms with Gasteiger partial charge in [-0.25, -0.2) is 4.79 Å². The summed E-state index contributed by atoms with van der Waals surface area (Å²) in [4.78, 5) is 14.1. The van der Waals surface area contributed by atoms with Crippen LogP contribution in [0, 0.1) is 6.92 Å². The van der Waals surface area contributed by atoms with E-state index >= 15 is 0 Å². The zero-order valence-corrected chi connectivity index (χ0v) is 14.7. The van der Waals surface area contributed by atoms with Crippen LogP contribution in [0.1, 0.15) is 43.9 Å². The molecule has 0 N–H and O–H groups in total. The fourth-order valence-corrected chi connectivity index (χ4v) is 3.13. The van der Waals surface area contributed by atoms with Crippen molar-refractivity contribution in [1.82, 2.24) is 4.90 Å². The number of nitrogens with zero attached hydrogens (tertiary/aromatic N) is 1. The van der Waals surface area contributed by atoms with Gasteiger partial charge in [-0.3, -0.25) is 0 Å². The SMILES string of the molecule is COc1c(C)cc2c(c1Cl)CN(C(=O)OC(C)(C)C)CCC2. The molecule has 0 bridgehead atoms. The van der Waals surface area contributed by atoms with Crippen molar-refractivity contribution in [3.63, 3.8) is 0 Å². The number of halogens is 1. The lowest BCUT2D eigenvalue weighted by Gasteiger charge is -2.27. The van der Waals surface area contributed by atoms with E-state index in [1.54, 1.807) is 12.0 Å². The monoisotopic (exact) mass is 325 g/mol. The van der Waals surface area contributed by atoms with Crippen molar-refractivity contribution < 1.29 is 14.3 Å². The van der Waals surface area contributed by atoms with Crippen molar-refractivity contribution in [2.24, 2.45) is 0 Å². The topological polar surface area (TPSA) is 38.8 Å². The molecule has 1 heterocycles. The van der Waals surface area contributed by atoms with Gasteiger partial charge in [0.05, 0.1) is 18.7 Å². The highest BCUT2D eigenvalue weighted by Crippen LogP contribution is 2.36. The Hall–Kier alpha value is -1.42. The second kappa shape index (κ2) is 6.37. The molecule has 0 aromatic heterocycles. The van der Waals surface area contributed by atoms with Gasteiger partial charge in [-0.1, -0.05) is 17.7 Å². The van der Waals surface area contributed by atoms with Gasteiger partial charge in [0.2, 0.25) is 0 Å². The zero-order chi connectivity index (χ0) is 16.5. The normalized spacial score (nSPS) is 15.1. The number of benzene rings is 1. The van der Waals surface area contributed by atoms with Crippen LogP contribution in [-0.4, -0.2) is 30.2 Å². The molecule has 0 saturated carbocycles. The van der Waals surface area contributed by atoms with Crippen molar-refractivity contribution in [2.45, 2.75) is 52.7 Å². The van der Waals surface area contributed by atoms with Crippen LogP contribution in [0.4, 0.5) is 4.79 Å². The number of fused-ring (bicyclic) bond motifs is 1. The van der Waals surface area contributed by atoms with E-state index in [1.807, 2.05) is 27.7 Å². The molecule has 1 aliphatic heterocycles. The number of carbonyl (C=O) groups excluding carboxylic acids is 1. The van der Waals surface area contributed by atoms with E-state index in [1.165, 1.54) is 5.56 Å². The summed E-state index contributed by atoms with van der Waals surface area (Å²) in [5.74, 6) is 0.687. The minimum Gasteiger partial charge on any atom is -0.495 e. The molecule has 0 atom stereocenters. The first kappa shape index (κ1) is 16.9. The molecule has 0 spiro atoms. The van der Waals surface area contributed by atoms with Gasteiger partial charge in [0, 0.05) is 6.54 Å². The number of hydrogen-bond donors (Lipinski definition) is 0. The van der Waals surface area contributed by atoms with E-state index in [4.69, 9.17) is 21.1 Å². The van der Waals surface area contributed by atoms with E-state index in [0.29, 0.717) is 23.9 Å². The molecule has 2 rings (SSSR count). The van der Waals surface area contributed by atoms with Crippen LogP contribution in [-0.2, 0) is 17.7 Å².